The number of nitrogens with one attached hydrogen (secondary N) is 1. The van der Waals surface area contributed by atoms with Crippen LogP contribution in [0.5, 0.6) is 5.75 Å². The minimum Gasteiger partial charge on any atom is -0.507 e. The highest BCUT2D eigenvalue weighted by Crippen LogP contribution is 2.42. The minimum atomic E-state index is -4.88. The summed E-state index contributed by atoms with van der Waals surface area (Å²) in [6, 6.07) is 7.27. The third-order valence-corrected chi connectivity index (χ3v) is 7.09. The number of fused-ring (bicyclic) bond motifs is 1. The second-order valence-corrected chi connectivity index (χ2v) is 10.6. The molecule has 3 aromatic carbocycles. The number of hydrogen-bond donors (Lipinski definition) is 5. The van der Waals surface area contributed by atoms with Crippen molar-refractivity contribution < 1.29 is 39.8 Å². The second-order valence-electron chi connectivity index (χ2n) is 7.41. The molecule has 0 fully saturated rings. The van der Waals surface area contributed by atoms with Gasteiger partial charge in [-0.15, -0.1) is 10.2 Å². The van der Waals surface area contributed by atoms with Crippen LogP contribution in [0.1, 0.15) is 0 Å². The summed E-state index contributed by atoms with van der Waals surface area (Å²) in [5.41, 5.74) is 4.89. The first-order chi connectivity index (χ1) is 17.7. The van der Waals surface area contributed by atoms with E-state index in [0.717, 1.165) is 30.3 Å². The Bertz CT molecular complexity index is 1870. The number of nitrogen functional groups attached to an aromatic ring is 1. The molecule has 0 atom stereocenters. The lowest BCUT2D eigenvalue weighted by Crippen LogP contribution is -2.03. The van der Waals surface area contributed by atoms with Crippen molar-refractivity contribution in [1.82, 2.24) is 9.97 Å². The molecule has 0 aliphatic heterocycles. The number of rotatable bonds is 6. The molecule has 6 N–H and O–H groups in total. The molecule has 0 unspecified atom stereocenters. The Hall–Kier alpha value is -4.03. The smallest absolute Gasteiger partial charge is 0.313 e. The molecule has 0 aliphatic carbocycles. The fourth-order valence-corrected chi connectivity index (χ4v) is 4.77. The van der Waals surface area contributed by atoms with Gasteiger partial charge in [0.2, 0.25) is 5.95 Å². The Balaban J connectivity index is 1.88. The van der Waals surface area contributed by atoms with E-state index >= 15 is 0 Å². The lowest BCUT2D eigenvalue weighted by atomic mass is 10.1. The Morgan fingerprint density at radius 3 is 2.24 bits per heavy atom. The predicted octanol–water partition coefficient (Wildman–Crippen LogP) is 4.50. The van der Waals surface area contributed by atoms with Gasteiger partial charge in [-0.25, -0.2) is 0 Å². The van der Waals surface area contributed by atoms with Crippen molar-refractivity contribution in [2.24, 2.45) is 10.2 Å². The molecule has 18 heteroatoms. The van der Waals surface area contributed by atoms with Gasteiger partial charge < -0.3 is 16.2 Å². The first-order valence-electron chi connectivity index (χ1n) is 9.87. The van der Waals surface area contributed by atoms with E-state index in [2.05, 4.69) is 25.5 Å². The summed E-state index contributed by atoms with van der Waals surface area (Å²) < 4.78 is 93.5. The SMILES string of the molecule is Nc1ccc2c(S(=O)(=O)O)ccc(O)c2c1/N=N/c1cc(Nc2nc(F)nc(F)c2Cl)ccc1S(=O)(=O)O. The van der Waals surface area contributed by atoms with Gasteiger partial charge in [0.1, 0.15) is 31.9 Å². The number of nitrogens with zero attached hydrogens (tertiary/aromatic N) is 4. The van der Waals surface area contributed by atoms with Crippen LogP contribution in [-0.4, -0.2) is 41.0 Å². The summed E-state index contributed by atoms with van der Waals surface area (Å²) >= 11 is 5.73. The number of phenolic OH excluding ortho intramolecular Hbond substituents is 1. The molecule has 0 amide bonds. The molecular weight excluding hydrogens is 574 g/mol. The number of phenols is 1. The zero-order valence-corrected chi connectivity index (χ0v) is 20.7. The van der Waals surface area contributed by atoms with Crippen LogP contribution in [0.15, 0.2) is 62.5 Å². The lowest BCUT2D eigenvalue weighted by Gasteiger charge is -2.11. The zero-order chi connectivity index (χ0) is 28.0. The quantitative estimate of drug-likeness (QED) is 0.0696. The van der Waals surface area contributed by atoms with E-state index in [4.69, 9.17) is 17.3 Å². The maximum absolute atomic E-state index is 13.7. The fourth-order valence-electron chi connectivity index (χ4n) is 3.34. The van der Waals surface area contributed by atoms with Crippen molar-refractivity contribution in [3.05, 3.63) is 59.5 Å². The average molecular weight is 587 g/mol. The van der Waals surface area contributed by atoms with Crippen molar-refractivity contribution in [2.45, 2.75) is 9.79 Å². The second kappa shape index (κ2) is 9.69. The summed E-state index contributed by atoms with van der Waals surface area (Å²) in [6.07, 6.45) is -1.45. The highest BCUT2D eigenvalue weighted by atomic mass is 35.5. The third kappa shape index (κ3) is 5.31. The number of azo groups is 1. The van der Waals surface area contributed by atoms with Gasteiger partial charge in [-0.1, -0.05) is 17.7 Å². The summed E-state index contributed by atoms with van der Waals surface area (Å²) in [5.74, 6) is -2.38. The van der Waals surface area contributed by atoms with Crippen LogP contribution in [0, 0.1) is 12.0 Å². The molecule has 13 nitrogen and oxygen atoms in total. The van der Waals surface area contributed by atoms with Gasteiger partial charge in [-0.3, -0.25) is 9.11 Å². The van der Waals surface area contributed by atoms with Crippen molar-refractivity contribution in [1.29, 1.82) is 0 Å². The Labute approximate surface area is 217 Å². The molecule has 0 aliphatic rings. The van der Waals surface area contributed by atoms with Crippen molar-refractivity contribution in [2.75, 3.05) is 11.1 Å². The molecule has 1 aromatic heterocycles. The van der Waals surface area contributed by atoms with E-state index < -0.39 is 64.3 Å². The normalized spacial score (nSPS) is 12.3. The Morgan fingerprint density at radius 1 is 0.921 bits per heavy atom. The molecule has 0 radical (unpaired) electrons. The zero-order valence-electron chi connectivity index (χ0n) is 18.3. The number of halogens is 3. The van der Waals surface area contributed by atoms with Crippen LogP contribution in [-0.2, 0) is 20.2 Å². The molecule has 4 aromatic rings. The first kappa shape index (κ1) is 27.0. The number of anilines is 3. The molecular formula is C20H13ClF2N6O7S2. The van der Waals surface area contributed by atoms with E-state index in [1.54, 1.807) is 0 Å². The fraction of sp³-hybridized carbons (Fsp3) is 0. The maximum Gasteiger partial charge on any atom is 0.313 e. The largest absolute Gasteiger partial charge is 0.507 e. The minimum absolute atomic E-state index is 0.0619. The Kier molecular flexibility index (Phi) is 6.89. The third-order valence-electron chi connectivity index (χ3n) is 4.94. The average Bonchev–Trinajstić information content (AvgIpc) is 2.80. The van der Waals surface area contributed by atoms with Crippen molar-refractivity contribution in [3.8, 4) is 5.75 Å². The molecule has 0 saturated heterocycles. The van der Waals surface area contributed by atoms with Crippen LogP contribution in [0.3, 0.4) is 0 Å². The van der Waals surface area contributed by atoms with E-state index in [1.165, 1.54) is 12.1 Å². The highest BCUT2D eigenvalue weighted by Gasteiger charge is 2.21. The van der Waals surface area contributed by atoms with Crippen molar-refractivity contribution in [3.63, 3.8) is 0 Å². The molecule has 38 heavy (non-hydrogen) atoms. The van der Waals surface area contributed by atoms with Gasteiger partial charge in [0.15, 0.2) is 5.82 Å². The first-order valence-corrected chi connectivity index (χ1v) is 13.1. The number of aromatic nitrogens is 2. The van der Waals surface area contributed by atoms with Gasteiger partial charge in [-0.2, -0.15) is 35.6 Å². The van der Waals surface area contributed by atoms with Gasteiger partial charge >= 0.3 is 6.08 Å². The van der Waals surface area contributed by atoms with Crippen LogP contribution < -0.4 is 11.1 Å². The Morgan fingerprint density at radius 2 is 1.58 bits per heavy atom. The number of hydrogen-bond acceptors (Lipinski definition) is 11. The number of nitrogens with two attached hydrogens (primary N) is 1. The standard InChI is InChI=1S/C20H13ClF2N6O7S2/c21-16-18(22)26-20(23)27-19(16)25-8-1-5-14(38(34,35)36)11(7-8)28-29-17-10(24)3-2-9-13(37(31,32)33)6-4-12(30)15(9)17/h1-7,30H,24H2,(H,25,26,27)(H,31,32,33)(H,34,35,36)/b29-28+. The summed E-state index contributed by atoms with van der Waals surface area (Å²) in [6.45, 7) is 0. The number of aromatic hydroxyl groups is 1. The highest BCUT2D eigenvalue weighted by molar-refractivity contribution is 7.86. The molecule has 0 saturated carbocycles. The van der Waals surface area contributed by atoms with Gasteiger partial charge in [-0.05, 0) is 36.4 Å². The monoisotopic (exact) mass is 586 g/mol. The number of benzene rings is 3. The van der Waals surface area contributed by atoms with Crippen LogP contribution in [0.25, 0.3) is 10.8 Å². The molecule has 0 bridgehead atoms. The van der Waals surface area contributed by atoms with Crippen LogP contribution in [0.2, 0.25) is 5.02 Å². The van der Waals surface area contributed by atoms with E-state index in [9.17, 15) is 39.8 Å². The molecule has 4 rings (SSSR count). The van der Waals surface area contributed by atoms with E-state index in [0.29, 0.717) is 0 Å². The topological polar surface area (TPSA) is 218 Å². The molecule has 198 valence electrons. The van der Waals surface area contributed by atoms with Gasteiger partial charge in [0.25, 0.3) is 20.2 Å². The van der Waals surface area contributed by atoms with Crippen LogP contribution >= 0.6 is 11.6 Å². The van der Waals surface area contributed by atoms with Gasteiger partial charge in [0.05, 0.1) is 11.1 Å². The summed E-state index contributed by atoms with van der Waals surface area (Å²) in [4.78, 5) is 4.80. The molecule has 1 heterocycles. The summed E-state index contributed by atoms with van der Waals surface area (Å²) in [5, 5.41) is 19.3. The van der Waals surface area contributed by atoms with Crippen LogP contribution in [0.4, 0.5) is 37.3 Å². The van der Waals surface area contributed by atoms with Gasteiger partial charge in [0, 0.05) is 11.1 Å². The summed E-state index contributed by atoms with van der Waals surface area (Å²) in [7, 11) is -9.62. The lowest BCUT2D eigenvalue weighted by molar-refractivity contribution is 0.478. The van der Waals surface area contributed by atoms with E-state index in [-0.39, 0.29) is 27.8 Å². The van der Waals surface area contributed by atoms with E-state index in [1.807, 2.05) is 0 Å². The molecule has 0 spiro atoms. The van der Waals surface area contributed by atoms with Crippen molar-refractivity contribution >= 4 is 71.2 Å². The maximum atomic E-state index is 13.7. The predicted molar refractivity (Wildman–Crippen MR) is 131 cm³/mol.